The van der Waals surface area contributed by atoms with Gasteiger partial charge in [0.2, 0.25) is 0 Å². The molecule has 0 amide bonds. The molecular weight excluding hydrogens is 176 g/mol. The van der Waals surface area contributed by atoms with Gasteiger partial charge < -0.3 is 10.2 Å². The van der Waals surface area contributed by atoms with E-state index in [1.54, 1.807) is 0 Å². The Morgan fingerprint density at radius 3 is 1.77 bits per heavy atom. The fourth-order valence-electron chi connectivity index (χ4n) is 1.52. The number of Topliss-reactive ketones (excluding diaryl/α,β-unsaturated/α-hetero) is 1. The average Bonchev–Trinajstić information content (AvgIpc) is 2.03. The first-order chi connectivity index (χ1) is 6.00. The summed E-state index contributed by atoms with van der Waals surface area (Å²) in [5.41, 5.74) is 0. The number of rotatable bonds is 2. The van der Waals surface area contributed by atoms with Crippen molar-refractivity contribution in [2.75, 3.05) is 0 Å². The van der Waals surface area contributed by atoms with Gasteiger partial charge in [0.05, 0.1) is 11.8 Å². The van der Waals surface area contributed by atoms with Gasteiger partial charge in [0, 0.05) is 12.8 Å². The molecule has 0 heterocycles. The standard InChI is InChI=1S/C8H10O5/c9-6-2-4(7(10)11)1-5(3-6)8(12)13/h4-5H,1-3H2,(H,10,11)(H,12,13)/t4-,5-/m1/s1. The summed E-state index contributed by atoms with van der Waals surface area (Å²) in [5.74, 6) is -4.07. The van der Waals surface area contributed by atoms with E-state index in [2.05, 4.69) is 0 Å². The Kier molecular flexibility index (Phi) is 2.65. The number of hydrogen-bond acceptors (Lipinski definition) is 3. The van der Waals surface area contributed by atoms with Crippen LogP contribution in [0.25, 0.3) is 0 Å². The minimum atomic E-state index is -1.08. The van der Waals surface area contributed by atoms with Crippen LogP contribution in [0.3, 0.4) is 0 Å². The summed E-state index contributed by atoms with van der Waals surface area (Å²) in [6.45, 7) is 0. The van der Waals surface area contributed by atoms with Crippen molar-refractivity contribution in [3.8, 4) is 0 Å². The van der Waals surface area contributed by atoms with E-state index in [4.69, 9.17) is 10.2 Å². The summed E-state index contributed by atoms with van der Waals surface area (Å²) in [4.78, 5) is 32.0. The van der Waals surface area contributed by atoms with Crippen LogP contribution in [0.5, 0.6) is 0 Å². The van der Waals surface area contributed by atoms with Gasteiger partial charge in [0.25, 0.3) is 0 Å². The fraction of sp³-hybridized carbons (Fsp3) is 0.625. The lowest BCUT2D eigenvalue weighted by atomic mass is 9.81. The number of carboxylic acids is 2. The monoisotopic (exact) mass is 186 g/mol. The molecule has 1 saturated carbocycles. The molecule has 0 aliphatic heterocycles. The number of hydrogen-bond donors (Lipinski definition) is 2. The zero-order valence-electron chi connectivity index (χ0n) is 6.90. The van der Waals surface area contributed by atoms with Crippen molar-refractivity contribution in [3.63, 3.8) is 0 Å². The second-order valence-electron chi connectivity index (χ2n) is 3.25. The lowest BCUT2D eigenvalue weighted by molar-refractivity contribution is -0.151. The average molecular weight is 186 g/mol. The molecule has 2 N–H and O–H groups in total. The lowest BCUT2D eigenvalue weighted by Crippen LogP contribution is -2.31. The first-order valence-electron chi connectivity index (χ1n) is 3.98. The highest BCUT2D eigenvalue weighted by molar-refractivity contribution is 5.89. The van der Waals surface area contributed by atoms with Crippen LogP contribution in [0, 0.1) is 11.8 Å². The molecule has 1 aliphatic carbocycles. The Morgan fingerprint density at radius 1 is 1.08 bits per heavy atom. The van der Waals surface area contributed by atoms with Crippen molar-refractivity contribution >= 4 is 17.7 Å². The molecule has 1 aliphatic rings. The molecule has 1 rings (SSSR count). The third-order valence-electron chi connectivity index (χ3n) is 2.22. The van der Waals surface area contributed by atoms with Crippen LogP contribution in [-0.2, 0) is 14.4 Å². The highest BCUT2D eigenvalue weighted by Crippen LogP contribution is 2.26. The predicted octanol–water partition coefficient (Wildman–Crippen LogP) is 0.141. The first kappa shape index (κ1) is 9.70. The van der Waals surface area contributed by atoms with Crippen molar-refractivity contribution in [2.24, 2.45) is 11.8 Å². The lowest BCUT2D eigenvalue weighted by Gasteiger charge is -2.22. The minimum absolute atomic E-state index is 0.0287. The van der Waals surface area contributed by atoms with Gasteiger partial charge in [0.15, 0.2) is 0 Å². The van der Waals surface area contributed by atoms with E-state index >= 15 is 0 Å². The van der Waals surface area contributed by atoms with Gasteiger partial charge in [-0.2, -0.15) is 0 Å². The van der Waals surface area contributed by atoms with E-state index in [0.717, 1.165) is 0 Å². The Balaban J connectivity index is 2.68. The zero-order chi connectivity index (χ0) is 10.0. The molecule has 0 aromatic heterocycles. The minimum Gasteiger partial charge on any atom is -0.481 e. The number of carbonyl (C=O) groups is 3. The molecule has 0 bridgehead atoms. The van der Waals surface area contributed by atoms with Crippen molar-refractivity contribution in [1.82, 2.24) is 0 Å². The van der Waals surface area contributed by atoms with Gasteiger partial charge in [-0.05, 0) is 6.42 Å². The van der Waals surface area contributed by atoms with Crippen molar-refractivity contribution in [1.29, 1.82) is 0 Å². The Hall–Kier alpha value is -1.39. The molecule has 72 valence electrons. The Bertz CT molecular complexity index is 233. The number of aliphatic carboxylic acids is 2. The summed E-state index contributed by atoms with van der Waals surface area (Å²) in [6.07, 6.45) is 0.00856. The zero-order valence-corrected chi connectivity index (χ0v) is 6.90. The van der Waals surface area contributed by atoms with Crippen LogP contribution in [0.15, 0.2) is 0 Å². The predicted molar refractivity (Wildman–Crippen MR) is 41.1 cm³/mol. The van der Waals surface area contributed by atoms with Crippen molar-refractivity contribution in [3.05, 3.63) is 0 Å². The second kappa shape index (κ2) is 3.55. The van der Waals surface area contributed by atoms with E-state index in [0.29, 0.717) is 0 Å². The molecule has 5 heteroatoms. The van der Waals surface area contributed by atoms with Crippen LogP contribution in [0.2, 0.25) is 0 Å². The second-order valence-corrected chi connectivity index (χ2v) is 3.25. The molecule has 0 aromatic carbocycles. The van der Waals surface area contributed by atoms with E-state index < -0.39 is 23.8 Å². The van der Waals surface area contributed by atoms with E-state index in [9.17, 15) is 14.4 Å². The van der Waals surface area contributed by atoms with Crippen molar-refractivity contribution in [2.45, 2.75) is 19.3 Å². The van der Waals surface area contributed by atoms with Crippen LogP contribution in [-0.4, -0.2) is 27.9 Å². The van der Waals surface area contributed by atoms with Crippen molar-refractivity contribution < 1.29 is 24.6 Å². The smallest absolute Gasteiger partial charge is 0.306 e. The molecular formula is C8H10O5. The summed E-state index contributed by atoms with van der Waals surface area (Å²) in [7, 11) is 0. The maximum atomic E-state index is 11.0. The SMILES string of the molecule is O=C1C[C@H](C(=O)O)C[C@@H](C(=O)O)C1. The molecule has 5 nitrogen and oxygen atoms in total. The maximum Gasteiger partial charge on any atom is 0.306 e. The van der Waals surface area contributed by atoms with E-state index in [1.165, 1.54) is 0 Å². The molecule has 1 fully saturated rings. The first-order valence-corrected chi connectivity index (χ1v) is 3.98. The van der Waals surface area contributed by atoms with Gasteiger partial charge in [0.1, 0.15) is 5.78 Å². The quantitative estimate of drug-likeness (QED) is 0.640. The van der Waals surface area contributed by atoms with Crippen LogP contribution in [0.1, 0.15) is 19.3 Å². The fourth-order valence-corrected chi connectivity index (χ4v) is 1.52. The van der Waals surface area contributed by atoms with Gasteiger partial charge in [-0.15, -0.1) is 0 Å². The molecule has 0 aromatic rings. The molecule has 0 radical (unpaired) electrons. The van der Waals surface area contributed by atoms with Gasteiger partial charge in [-0.1, -0.05) is 0 Å². The summed E-state index contributed by atoms with van der Waals surface area (Å²) in [5, 5.41) is 17.2. The topological polar surface area (TPSA) is 91.7 Å². The van der Waals surface area contributed by atoms with E-state index in [-0.39, 0.29) is 25.0 Å². The highest BCUT2D eigenvalue weighted by atomic mass is 16.4. The third-order valence-corrected chi connectivity index (χ3v) is 2.22. The van der Waals surface area contributed by atoms with Gasteiger partial charge >= 0.3 is 11.9 Å². The molecule has 0 unspecified atom stereocenters. The molecule has 2 atom stereocenters. The Morgan fingerprint density at radius 2 is 1.46 bits per heavy atom. The van der Waals surface area contributed by atoms with Gasteiger partial charge in [-0.25, -0.2) is 0 Å². The van der Waals surface area contributed by atoms with E-state index in [1.807, 2.05) is 0 Å². The molecule has 0 saturated heterocycles. The summed E-state index contributed by atoms with van der Waals surface area (Å²) >= 11 is 0. The Labute approximate surface area is 74.4 Å². The normalized spacial score (nSPS) is 28.5. The number of carbonyl (C=O) groups excluding carboxylic acids is 1. The van der Waals surface area contributed by atoms with Crippen LogP contribution < -0.4 is 0 Å². The van der Waals surface area contributed by atoms with Crippen LogP contribution in [0.4, 0.5) is 0 Å². The molecule has 13 heavy (non-hydrogen) atoms. The highest BCUT2D eigenvalue weighted by Gasteiger charge is 2.35. The largest absolute Gasteiger partial charge is 0.481 e. The summed E-state index contributed by atoms with van der Waals surface area (Å²) in [6, 6.07) is 0. The van der Waals surface area contributed by atoms with Gasteiger partial charge in [-0.3, -0.25) is 14.4 Å². The molecule has 0 spiro atoms. The number of carboxylic acid groups (broad SMARTS) is 2. The third kappa shape index (κ3) is 2.27. The number of ketones is 1. The van der Waals surface area contributed by atoms with Crippen LogP contribution >= 0.6 is 0 Å². The maximum absolute atomic E-state index is 11.0. The summed E-state index contributed by atoms with van der Waals surface area (Å²) < 4.78 is 0.